The number of benzene rings is 8. The first-order valence-corrected chi connectivity index (χ1v) is 22.3. The molecule has 0 N–H and O–H groups in total. The summed E-state index contributed by atoms with van der Waals surface area (Å²) in [4.78, 5) is 4.81. The maximum Gasteiger partial charge on any atom is 0.150 e. The normalized spacial score (nSPS) is 17.1. The number of fused-ring (bicyclic) bond motifs is 5. The van der Waals surface area contributed by atoms with Crippen molar-refractivity contribution in [3.05, 3.63) is 259 Å². The largest absolute Gasteiger partial charge is 0.483 e. The minimum atomic E-state index is -0.278. The van der Waals surface area contributed by atoms with Crippen molar-refractivity contribution in [2.45, 2.75) is 25.4 Å². The van der Waals surface area contributed by atoms with Gasteiger partial charge in [-0.3, -0.25) is 0 Å². The van der Waals surface area contributed by atoms with Gasteiger partial charge in [0.25, 0.3) is 0 Å². The lowest BCUT2D eigenvalue weighted by Gasteiger charge is -2.44. The van der Waals surface area contributed by atoms with Crippen molar-refractivity contribution in [1.29, 1.82) is 0 Å². The molecular weight excluding hydrogens is 777 g/mol. The molecule has 0 fully saturated rings. The number of hydrogen-bond donors (Lipinski definition) is 0. The molecule has 0 radical (unpaired) electrons. The number of nitrogens with zero attached hydrogens (tertiary/aromatic N) is 2. The molecule has 1 heterocycles. The molecule has 2 unspecified atom stereocenters. The van der Waals surface area contributed by atoms with E-state index in [0.29, 0.717) is 0 Å². The van der Waals surface area contributed by atoms with Crippen LogP contribution in [0.25, 0.3) is 39.0 Å². The van der Waals surface area contributed by atoms with Gasteiger partial charge in [0.1, 0.15) is 11.9 Å². The van der Waals surface area contributed by atoms with Crippen LogP contribution in [0.3, 0.4) is 0 Å². The van der Waals surface area contributed by atoms with Crippen LogP contribution < -0.4 is 14.5 Å². The molecule has 306 valence electrons. The van der Waals surface area contributed by atoms with Gasteiger partial charge in [-0.05, 0) is 117 Å². The van der Waals surface area contributed by atoms with Crippen LogP contribution >= 0.6 is 0 Å². The molecule has 4 aliphatic rings. The molecule has 8 aromatic rings. The summed E-state index contributed by atoms with van der Waals surface area (Å²) in [7, 11) is 0. The molecule has 0 spiro atoms. The fourth-order valence-electron chi connectivity index (χ4n) is 10.5. The van der Waals surface area contributed by atoms with E-state index in [1.807, 2.05) is 0 Å². The number of hydrogen-bond acceptors (Lipinski definition) is 3. The minimum absolute atomic E-state index is 0.0000378. The smallest absolute Gasteiger partial charge is 0.150 e. The summed E-state index contributed by atoms with van der Waals surface area (Å²) in [5, 5.41) is 0. The van der Waals surface area contributed by atoms with Crippen LogP contribution in [-0.2, 0) is 5.41 Å². The number of anilines is 5. The van der Waals surface area contributed by atoms with E-state index in [0.717, 1.165) is 45.4 Å². The van der Waals surface area contributed by atoms with Gasteiger partial charge in [0.05, 0.1) is 17.3 Å². The standard InChI is InChI=1S/C61H46N2O/c1-61(2)53-25-13-12-23-51(53)59-54(61)26-15-27-55(59)63(48-35-32-44(33-36-48)43-30-28-42(29-31-43)41-16-6-3-7-17-41)56-38-34-45-18-14-24-50-52-40-49(37-39-57(52)64-60(56)58(45)50)62(46-19-8-4-9-20-46)47-21-10-5-11-22-47/h3-40,58,60H,1-2H3. The molecule has 3 heteroatoms. The lowest BCUT2D eigenvalue weighted by molar-refractivity contribution is 0.196. The summed E-state index contributed by atoms with van der Waals surface area (Å²) in [6, 6.07) is 72.3. The Hall–Kier alpha value is -7.88. The van der Waals surface area contributed by atoms with Crippen molar-refractivity contribution < 1.29 is 4.74 Å². The van der Waals surface area contributed by atoms with Crippen LogP contribution in [0.1, 0.15) is 30.5 Å². The Bertz CT molecular complexity index is 3160. The van der Waals surface area contributed by atoms with Crippen LogP contribution in [0.2, 0.25) is 0 Å². The average molecular weight is 823 g/mol. The second-order valence-electron chi connectivity index (χ2n) is 17.6. The lowest BCUT2D eigenvalue weighted by atomic mass is 9.74. The monoisotopic (exact) mass is 822 g/mol. The Morgan fingerprint density at radius 1 is 0.453 bits per heavy atom. The van der Waals surface area contributed by atoms with Crippen molar-refractivity contribution in [3.63, 3.8) is 0 Å². The summed E-state index contributed by atoms with van der Waals surface area (Å²) in [5.74, 6) is 0.888. The average Bonchev–Trinajstić information content (AvgIpc) is 3.60. The van der Waals surface area contributed by atoms with Gasteiger partial charge in [0, 0.05) is 39.3 Å². The second-order valence-corrected chi connectivity index (χ2v) is 17.6. The molecule has 0 amide bonds. The van der Waals surface area contributed by atoms with E-state index in [1.165, 1.54) is 55.7 Å². The van der Waals surface area contributed by atoms with Crippen molar-refractivity contribution >= 4 is 34.0 Å². The third kappa shape index (κ3) is 6.19. The Morgan fingerprint density at radius 3 is 1.70 bits per heavy atom. The molecule has 2 atom stereocenters. The Balaban J connectivity index is 0.983. The summed E-state index contributed by atoms with van der Waals surface area (Å²) in [6.45, 7) is 4.71. The number of ether oxygens (including phenoxy) is 1. The predicted molar refractivity (Wildman–Crippen MR) is 266 cm³/mol. The zero-order valence-corrected chi connectivity index (χ0v) is 35.9. The van der Waals surface area contributed by atoms with Crippen molar-refractivity contribution in [2.75, 3.05) is 9.80 Å². The van der Waals surface area contributed by atoms with E-state index in [-0.39, 0.29) is 17.4 Å². The Labute approximate surface area is 375 Å². The highest BCUT2D eigenvalue weighted by Crippen LogP contribution is 2.56. The quantitative estimate of drug-likeness (QED) is 0.152. The third-order valence-electron chi connectivity index (χ3n) is 13.7. The van der Waals surface area contributed by atoms with Gasteiger partial charge in [-0.2, -0.15) is 0 Å². The first kappa shape index (κ1) is 37.8. The van der Waals surface area contributed by atoms with Crippen LogP contribution in [0.15, 0.2) is 242 Å². The fourth-order valence-corrected chi connectivity index (χ4v) is 10.5. The molecule has 3 aliphatic carbocycles. The third-order valence-corrected chi connectivity index (χ3v) is 13.7. The Kier molecular flexibility index (Phi) is 8.98. The first-order valence-electron chi connectivity index (χ1n) is 22.3. The zero-order chi connectivity index (χ0) is 42.8. The molecule has 0 aromatic heterocycles. The van der Waals surface area contributed by atoms with Crippen molar-refractivity contribution in [3.8, 4) is 39.1 Å². The van der Waals surface area contributed by atoms with Crippen molar-refractivity contribution in [1.82, 2.24) is 0 Å². The second kappa shape index (κ2) is 15.2. The van der Waals surface area contributed by atoms with Crippen LogP contribution in [0, 0.1) is 5.92 Å². The highest BCUT2D eigenvalue weighted by atomic mass is 16.5. The van der Waals surface area contributed by atoms with Gasteiger partial charge >= 0.3 is 0 Å². The van der Waals surface area contributed by atoms with Gasteiger partial charge in [-0.25, -0.2) is 0 Å². The predicted octanol–water partition coefficient (Wildman–Crippen LogP) is 15.8. The van der Waals surface area contributed by atoms with Gasteiger partial charge in [-0.15, -0.1) is 0 Å². The van der Waals surface area contributed by atoms with E-state index in [9.17, 15) is 0 Å². The molecule has 3 nitrogen and oxygen atoms in total. The molecule has 12 rings (SSSR count). The summed E-state index contributed by atoms with van der Waals surface area (Å²) >= 11 is 0. The van der Waals surface area contributed by atoms with Gasteiger partial charge in [0.15, 0.2) is 0 Å². The molecular formula is C61H46N2O. The Morgan fingerprint density at radius 2 is 1.02 bits per heavy atom. The highest BCUT2D eigenvalue weighted by molar-refractivity contribution is 5.94. The number of rotatable bonds is 8. The van der Waals surface area contributed by atoms with Crippen LogP contribution in [-0.4, -0.2) is 6.10 Å². The fraction of sp³-hybridized carbons (Fsp3) is 0.0820. The number of para-hydroxylation sites is 2. The topological polar surface area (TPSA) is 15.7 Å². The van der Waals surface area contributed by atoms with E-state index >= 15 is 0 Å². The van der Waals surface area contributed by atoms with E-state index in [1.54, 1.807) is 0 Å². The van der Waals surface area contributed by atoms with Gasteiger partial charge < -0.3 is 14.5 Å². The maximum absolute atomic E-state index is 7.38. The molecule has 0 bridgehead atoms. The molecule has 0 saturated carbocycles. The van der Waals surface area contributed by atoms with Gasteiger partial charge in [-0.1, -0.05) is 178 Å². The zero-order valence-electron chi connectivity index (χ0n) is 35.9. The maximum atomic E-state index is 7.38. The SMILES string of the molecule is CC1(C)c2ccccc2-c2c(N(C3=CC=C4C=CC=C5c6cc(N(c7ccccc7)c7ccccc7)ccc6OC3C45)c3ccc(-c4ccc(-c5ccccc5)cc4)cc3)cccc21. The lowest BCUT2D eigenvalue weighted by Crippen LogP contribution is -2.42. The van der Waals surface area contributed by atoms with Crippen LogP contribution in [0.4, 0.5) is 28.4 Å². The van der Waals surface area contributed by atoms with E-state index < -0.39 is 0 Å². The van der Waals surface area contributed by atoms with Crippen molar-refractivity contribution in [2.24, 2.45) is 5.92 Å². The summed E-state index contributed by atoms with van der Waals surface area (Å²) < 4.78 is 7.38. The molecule has 1 aliphatic heterocycles. The molecule has 8 aromatic carbocycles. The minimum Gasteiger partial charge on any atom is -0.483 e. The molecule has 64 heavy (non-hydrogen) atoms. The van der Waals surface area contributed by atoms with E-state index in [2.05, 4.69) is 254 Å². The van der Waals surface area contributed by atoms with Gasteiger partial charge in [0.2, 0.25) is 0 Å². The first-order chi connectivity index (χ1) is 31.5. The van der Waals surface area contributed by atoms with E-state index in [4.69, 9.17) is 4.74 Å². The molecule has 0 saturated heterocycles. The summed E-state index contributed by atoms with van der Waals surface area (Å²) in [5.41, 5.74) is 20.2. The number of allylic oxidation sites excluding steroid dienone is 5. The highest BCUT2D eigenvalue weighted by Gasteiger charge is 2.44. The van der Waals surface area contributed by atoms with Crippen LogP contribution in [0.5, 0.6) is 5.75 Å². The summed E-state index contributed by atoms with van der Waals surface area (Å²) in [6.07, 6.45) is 11.1.